The third kappa shape index (κ3) is 4.78. The van der Waals surface area contributed by atoms with Gasteiger partial charge in [0.15, 0.2) is 5.78 Å². The third-order valence-electron chi connectivity index (χ3n) is 4.97. The molecule has 0 spiro atoms. The number of carbonyl (C=O) groups excluding carboxylic acids is 1. The van der Waals surface area contributed by atoms with Gasteiger partial charge < -0.3 is 5.11 Å². The maximum Gasteiger partial charge on any atom is 0.161 e. The van der Waals surface area contributed by atoms with Crippen LogP contribution in [0.15, 0.2) is 48.5 Å². The molecule has 0 unspecified atom stereocenters. The molecule has 126 valence electrons. The van der Waals surface area contributed by atoms with Crippen LogP contribution in [0.5, 0.6) is 0 Å². The summed E-state index contributed by atoms with van der Waals surface area (Å²) in [4.78, 5) is 12.1. The molecule has 6 rings (SSSR count). The van der Waals surface area contributed by atoms with Crippen molar-refractivity contribution in [2.24, 2.45) is 0 Å². The van der Waals surface area contributed by atoms with Gasteiger partial charge in [-0.05, 0) is 67.2 Å². The molecule has 0 heterocycles. The first-order valence-corrected chi connectivity index (χ1v) is 9.07. The van der Waals surface area contributed by atoms with Crippen molar-refractivity contribution in [3.05, 3.63) is 70.8 Å². The topological polar surface area (TPSA) is 37.3 Å². The van der Waals surface area contributed by atoms with Crippen molar-refractivity contribution in [1.82, 2.24) is 0 Å². The molecule has 4 aliphatic rings. The van der Waals surface area contributed by atoms with E-state index < -0.39 is 6.10 Å². The third-order valence-corrected chi connectivity index (χ3v) is 4.97. The molecule has 1 atom stereocenters. The fourth-order valence-electron chi connectivity index (χ4n) is 3.30. The molecule has 0 aromatic heterocycles. The predicted octanol–water partition coefficient (Wildman–Crippen LogP) is 4.06. The number of rotatable bonds is 0. The average molecular weight is 322 g/mol. The number of hydrogen-bond donors (Lipinski definition) is 1. The van der Waals surface area contributed by atoms with Crippen molar-refractivity contribution in [3.63, 3.8) is 0 Å². The number of ketones is 1. The lowest BCUT2D eigenvalue weighted by Crippen LogP contribution is -2.21. The van der Waals surface area contributed by atoms with E-state index in [9.17, 15) is 9.90 Å². The quantitative estimate of drug-likeness (QED) is 0.794. The molecular weight excluding hydrogens is 296 g/mol. The number of aliphatic hydroxyl groups excluding tert-OH is 1. The van der Waals surface area contributed by atoms with E-state index in [-0.39, 0.29) is 5.78 Å². The van der Waals surface area contributed by atoms with Crippen LogP contribution in [0.4, 0.5) is 0 Å². The van der Waals surface area contributed by atoms with E-state index in [4.69, 9.17) is 0 Å². The summed E-state index contributed by atoms with van der Waals surface area (Å²) < 4.78 is 0. The maximum absolute atomic E-state index is 12.1. The Labute approximate surface area is 144 Å². The SMILES string of the molecule is O=C1CCc2ccc(cc2)CCCCc2ccc(cc2)CC[C@@H]1O. The van der Waals surface area contributed by atoms with Crippen molar-refractivity contribution in [2.45, 2.75) is 57.5 Å². The largest absolute Gasteiger partial charge is 0.385 e. The molecule has 0 aliphatic heterocycles. The fourth-order valence-corrected chi connectivity index (χ4v) is 3.30. The molecule has 4 aliphatic carbocycles. The summed E-state index contributed by atoms with van der Waals surface area (Å²) in [6.07, 6.45) is 6.17. The maximum atomic E-state index is 12.1. The van der Waals surface area contributed by atoms with E-state index in [0.29, 0.717) is 19.3 Å². The number of hydrogen-bond acceptors (Lipinski definition) is 2. The molecular formula is C22H26O2. The Morgan fingerprint density at radius 3 is 1.54 bits per heavy atom. The molecule has 0 amide bonds. The van der Waals surface area contributed by atoms with Crippen molar-refractivity contribution in [2.75, 3.05) is 0 Å². The molecule has 0 saturated carbocycles. The average Bonchev–Trinajstić information content (AvgIpc) is 2.62. The first-order valence-electron chi connectivity index (χ1n) is 9.07. The first-order chi connectivity index (χ1) is 11.7. The van der Waals surface area contributed by atoms with Gasteiger partial charge in [-0.2, -0.15) is 0 Å². The van der Waals surface area contributed by atoms with Gasteiger partial charge in [-0.15, -0.1) is 0 Å². The zero-order valence-electron chi connectivity index (χ0n) is 14.2. The predicted molar refractivity (Wildman–Crippen MR) is 97.2 cm³/mol. The van der Waals surface area contributed by atoms with E-state index >= 15 is 0 Å². The fraction of sp³-hybridized carbons (Fsp3) is 0.409. The summed E-state index contributed by atoms with van der Waals surface area (Å²) in [6, 6.07) is 17.2. The van der Waals surface area contributed by atoms with Crippen LogP contribution in [0, 0.1) is 0 Å². The van der Waals surface area contributed by atoms with Crippen molar-refractivity contribution >= 4 is 5.78 Å². The van der Waals surface area contributed by atoms with Gasteiger partial charge in [0.25, 0.3) is 0 Å². The van der Waals surface area contributed by atoms with Crippen LogP contribution in [0.2, 0.25) is 0 Å². The van der Waals surface area contributed by atoms with E-state index in [1.165, 1.54) is 35.1 Å². The normalized spacial score (nSPS) is 19.9. The molecule has 4 bridgehead atoms. The number of aliphatic hydroxyl groups is 1. The number of Topliss-reactive ketones (excluding diaryl/α,β-unsaturated/α-hetero) is 1. The second-order valence-electron chi connectivity index (χ2n) is 6.86. The Morgan fingerprint density at radius 1 is 0.625 bits per heavy atom. The summed E-state index contributed by atoms with van der Waals surface area (Å²) >= 11 is 0. The summed E-state index contributed by atoms with van der Waals surface area (Å²) in [5, 5.41) is 10.1. The number of benzene rings is 2. The smallest absolute Gasteiger partial charge is 0.161 e. The van der Waals surface area contributed by atoms with Gasteiger partial charge in [-0.25, -0.2) is 0 Å². The Bertz CT molecular complexity index is 655. The summed E-state index contributed by atoms with van der Waals surface area (Å²) in [7, 11) is 0. The van der Waals surface area contributed by atoms with Crippen LogP contribution in [0.3, 0.4) is 0 Å². The zero-order chi connectivity index (χ0) is 16.8. The van der Waals surface area contributed by atoms with E-state index in [0.717, 1.165) is 19.3 Å². The molecule has 0 saturated heterocycles. The molecule has 2 aromatic rings. The molecule has 0 fully saturated rings. The van der Waals surface area contributed by atoms with Crippen LogP contribution < -0.4 is 0 Å². The second kappa shape index (κ2) is 8.25. The van der Waals surface area contributed by atoms with Gasteiger partial charge in [0.05, 0.1) is 0 Å². The second-order valence-corrected chi connectivity index (χ2v) is 6.86. The highest BCUT2D eigenvalue weighted by Crippen LogP contribution is 2.15. The monoisotopic (exact) mass is 322 g/mol. The standard InChI is InChI=1S/C22H26O2/c23-21-15-13-19-9-5-17(6-10-19)3-1-2-4-18-7-11-20(12-8-18)14-16-22(21)24/h5-12,21,23H,1-4,13-16H2/t21-/m0/s1. The number of carbonyl (C=O) groups is 1. The van der Waals surface area contributed by atoms with Gasteiger partial charge in [0, 0.05) is 6.42 Å². The molecule has 1 N–H and O–H groups in total. The molecule has 2 heteroatoms. The van der Waals surface area contributed by atoms with Crippen LogP contribution in [-0.4, -0.2) is 17.0 Å². The minimum atomic E-state index is -0.845. The van der Waals surface area contributed by atoms with Crippen LogP contribution >= 0.6 is 0 Å². The minimum Gasteiger partial charge on any atom is -0.385 e. The lowest BCUT2D eigenvalue weighted by Gasteiger charge is -2.11. The molecule has 2 aromatic carbocycles. The van der Waals surface area contributed by atoms with Gasteiger partial charge in [0.1, 0.15) is 6.10 Å². The Hall–Kier alpha value is -1.93. The van der Waals surface area contributed by atoms with Crippen molar-refractivity contribution in [3.8, 4) is 0 Å². The van der Waals surface area contributed by atoms with Gasteiger partial charge in [0.2, 0.25) is 0 Å². The van der Waals surface area contributed by atoms with Crippen LogP contribution in [0.1, 0.15) is 47.9 Å². The van der Waals surface area contributed by atoms with Crippen LogP contribution in [0.25, 0.3) is 0 Å². The molecule has 0 radical (unpaired) electrons. The zero-order valence-corrected chi connectivity index (χ0v) is 14.2. The van der Waals surface area contributed by atoms with Gasteiger partial charge in [-0.1, -0.05) is 48.5 Å². The summed E-state index contributed by atoms with van der Waals surface area (Å²) in [5.41, 5.74) is 5.10. The van der Waals surface area contributed by atoms with Gasteiger partial charge in [-0.3, -0.25) is 4.79 Å². The minimum absolute atomic E-state index is 0.0446. The lowest BCUT2D eigenvalue weighted by molar-refractivity contribution is -0.127. The highest BCUT2D eigenvalue weighted by atomic mass is 16.3. The van der Waals surface area contributed by atoms with Crippen molar-refractivity contribution < 1.29 is 9.90 Å². The van der Waals surface area contributed by atoms with Gasteiger partial charge >= 0.3 is 0 Å². The highest BCUT2D eigenvalue weighted by molar-refractivity contribution is 5.83. The van der Waals surface area contributed by atoms with E-state index in [1.54, 1.807) is 0 Å². The lowest BCUT2D eigenvalue weighted by atomic mass is 9.97. The van der Waals surface area contributed by atoms with Crippen molar-refractivity contribution in [1.29, 1.82) is 0 Å². The summed E-state index contributed by atoms with van der Waals surface area (Å²) in [6.45, 7) is 0. The molecule has 2 nitrogen and oxygen atoms in total. The van der Waals surface area contributed by atoms with E-state index in [1.807, 2.05) is 0 Å². The Kier molecular flexibility index (Phi) is 5.81. The van der Waals surface area contributed by atoms with E-state index in [2.05, 4.69) is 48.5 Å². The molecule has 24 heavy (non-hydrogen) atoms. The Morgan fingerprint density at radius 2 is 1.04 bits per heavy atom. The van der Waals surface area contributed by atoms with Crippen LogP contribution in [-0.2, 0) is 30.5 Å². The first kappa shape index (κ1) is 16.9. The highest BCUT2D eigenvalue weighted by Gasteiger charge is 2.15. The Balaban J connectivity index is 1.72. The summed E-state index contributed by atoms with van der Waals surface area (Å²) in [5.74, 6) is -0.0446. The number of aryl methyl sites for hydroxylation is 4.